The van der Waals surface area contributed by atoms with E-state index < -0.39 is 0 Å². The summed E-state index contributed by atoms with van der Waals surface area (Å²) in [5.41, 5.74) is 2.23. The van der Waals surface area contributed by atoms with Gasteiger partial charge in [-0.05, 0) is 49.5 Å². The van der Waals surface area contributed by atoms with Crippen LogP contribution in [0.2, 0.25) is 0 Å². The maximum Gasteiger partial charge on any atom is 0.0345 e. The molecule has 2 nitrogen and oxygen atoms in total. The number of hydrogen-bond donors (Lipinski definition) is 1. The third-order valence-corrected chi connectivity index (χ3v) is 6.05. The number of fused-ring (bicyclic) bond motifs is 1. The van der Waals surface area contributed by atoms with E-state index in [0.717, 1.165) is 38.1 Å². The van der Waals surface area contributed by atoms with Gasteiger partial charge in [-0.1, -0.05) is 61.9 Å². The van der Waals surface area contributed by atoms with E-state index in [2.05, 4.69) is 79.5 Å². The van der Waals surface area contributed by atoms with Crippen molar-refractivity contribution in [2.75, 3.05) is 13.6 Å². The number of hydrogen-bond acceptors (Lipinski definition) is 3. The molecule has 3 aromatic rings. The second-order valence-electron chi connectivity index (χ2n) is 7.03. The Morgan fingerprint density at radius 1 is 1.08 bits per heavy atom. The van der Waals surface area contributed by atoms with E-state index in [1.165, 1.54) is 20.5 Å². The molecule has 1 unspecified atom stereocenters. The van der Waals surface area contributed by atoms with Gasteiger partial charge in [-0.3, -0.25) is 0 Å². The van der Waals surface area contributed by atoms with E-state index in [9.17, 15) is 0 Å². The highest BCUT2D eigenvalue weighted by atomic mass is 32.1. The Morgan fingerprint density at radius 2 is 1.81 bits per heavy atom. The van der Waals surface area contributed by atoms with Gasteiger partial charge in [-0.2, -0.15) is 0 Å². The predicted octanol–water partition coefficient (Wildman–Crippen LogP) is 6.33. The van der Waals surface area contributed by atoms with E-state index in [4.69, 9.17) is 5.41 Å². The second kappa shape index (κ2) is 9.11. The minimum atomic E-state index is 0.241. The van der Waals surface area contributed by atoms with Crippen LogP contribution in [0.15, 0.2) is 60.7 Å². The highest BCUT2D eigenvalue weighted by Gasteiger charge is 2.19. The van der Waals surface area contributed by atoms with Gasteiger partial charge < -0.3 is 10.3 Å². The molecular formula is C23H28N2S. The van der Waals surface area contributed by atoms with Crippen LogP contribution in [0.5, 0.6) is 0 Å². The summed E-state index contributed by atoms with van der Waals surface area (Å²) in [6.45, 7) is 4.12. The van der Waals surface area contributed by atoms with Crippen LogP contribution in [0.3, 0.4) is 0 Å². The van der Waals surface area contributed by atoms with Crippen LogP contribution in [-0.4, -0.2) is 24.2 Å². The molecule has 3 rings (SSSR count). The summed E-state index contributed by atoms with van der Waals surface area (Å²) < 4.78 is 1.33. The molecule has 136 valence electrons. The topological polar surface area (TPSA) is 27.1 Å². The quantitative estimate of drug-likeness (QED) is 0.441. The molecular weight excluding hydrogens is 336 g/mol. The van der Waals surface area contributed by atoms with Crippen LogP contribution in [0, 0.1) is 5.41 Å². The SMILES string of the molecule is CCCC(=N)C(CCN(C)Cc1ccccc1)c1cc2ccccc2s1. The van der Waals surface area contributed by atoms with Gasteiger partial charge >= 0.3 is 0 Å². The van der Waals surface area contributed by atoms with Gasteiger partial charge in [-0.25, -0.2) is 0 Å². The summed E-state index contributed by atoms with van der Waals surface area (Å²) in [6, 6.07) is 21.5. The Kier molecular flexibility index (Phi) is 6.59. The Morgan fingerprint density at radius 3 is 2.54 bits per heavy atom. The van der Waals surface area contributed by atoms with Gasteiger partial charge in [-0.15, -0.1) is 11.3 Å². The minimum Gasteiger partial charge on any atom is -0.309 e. The highest BCUT2D eigenvalue weighted by Crippen LogP contribution is 2.34. The van der Waals surface area contributed by atoms with Gasteiger partial charge in [0.25, 0.3) is 0 Å². The molecule has 0 aliphatic rings. The van der Waals surface area contributed by atoms with Crippen LogP contribution in [0.1, 0.15) is 42.5 Å². The van der Waals surface area contributed by atoms with Crippen LogP contribution in [0.4, 0.5) is 0 Å². The number of thiophene rings is 1. The van der Waals surface area contributed by atoms with Gasteiger partial charge in [0.05, 0.1) is 0 Å². The first-order valence-corrected chi connectivity index (χ1v) is 10.3. The zero-order valence-electron chi connectivity index (χ0n) is 15.7. The first-order valence-electron chi connectivity index (χ1n) is 9.45. The van der Waals surface area contributed by atoms with Crippen molar-refractivity contribution in [3.05, 3.63) is 71.1 Å². The van der Waals surface area contributed by atoms with E-state index in [-0.39, 0.29) is 5.92 Å². The number of nitrogens with zero attached hydrogens (tertiary/aromatic N) is 1. The molecule has 1 N–H and O–H groups in total. The Hall–Kier alpha value is -1.97. The first kappa shape index (κ1) is 18.8. The van der Waals surface area contributed by atoms with Crippen molar-refractivity contribution in [2.24, 2.45) is 0 Å². The van der Waals surface area contributed by atoms with Crippen molar-refractivity contribution in [1.82, 2.24) is 4.90 Å². The molecule has 0 aliphatic heterocycles. The molecule has 1 atom stereocenters. The minimum absolute atomic E-state index is 0.241. The number of nitrogens with one attached hydrogen (secondary N) is 1. The van der Waals surface area contributed by atoms with Crippen molar-refractivity contribution >= 4 is 27.1 Å². The maximum atomic E-state index is 8.61. The predicted molar refractivity (Wildman–Crippen MR) is 115 cm³/mol. The number of benzene rings is 2. The second-order valence-corrected chi connectivity index (χ2v) is 8.14. The standard InChI is InChI=1S/C23H28N2S/c1-3-9-21(24)20(23-16-19-12-7-8-13-22(19)26-23)14-15-25(2)17-18-10-5-4-6-11-18/h4-8,10-13,16,20,24H,3,9,14-15,17H2,1-2H3. The molecule has 3 heteroatoms. The highest BCUT2D eigenvalue weighted by molar-refractivity contribution is 7.19. The Labute approximate surface area is 161 Å². The lowest BCUT2D eigenvalue weighted by Crippen LogP contribution is -2.23. The molecule has 1 heterocycles. The van der Waals surface area contributed by atoms with Gasteiger partial charge in [0.1, 0.15) is 0 Å². The van der Waals surface area contributed by atoms with Crippen molar-refractivity contribution in [2.45, 2.75) is 38.6 Å². The lowest BCUT2D eigenvalue weighted by molar-refractivity contribution is 0.319. The van der Waals surface area contributed by atoms with Crippen molar-refractivity contribution in [3.63, 3.8) is 0 Å². The molecule has 2 aromatic carbocycles. The zero-order valence-corrected chi connectivity index (χ0v) is 16.6. The molecule has 0 spiro atoms. The molecule has 0 amide bonds. The molecule has 0 aliphatic carbocycles. The van der Waals surface area contributed by atoms with Crippen LogP contribution < -0.4 is 0 Å². The van der Waals surface area contributed by atoms with Gasteiger partial charge in [0.15, 0.2) is 0 Å². The van der Waals surface area contributed by atoms with Crippen LogP contribution in [0.25, 0.3) is 10.1 Å². The van der Waals surface area contributed by atoms with E-state index in [1.54, 1.807) is 0 Å². The first-order chi connectivity index (χ1) is 12.7. The fraction of sp³-hybridized carbons (Fsp3) is 0.348. The smallest absolute Gasteiger partial charge is 0.0345 e. The van der Waals surface area contributed by atoms with Crippen molar-refractivity contribution < 1.29 is 0 Å². The fourth-order valence-corrected chi connectivity index (χ4v) is 4.66. The third kappa shape index (κ3) is 4.80. The Bertz CT molecular complexity index is 805. The molecule has 0 fully saturated rings. The van der Waals surface area contributed by atoms with Gasteiger partial charge in [0, 0.05) is 27.8 Å². The lowest BCUT2D eigenvalue weighted by Gasteiger charge is -2.22. The van der Waals surface area contributed by atoms with E-state index >= 15 is 0 Å². The molecule has 0 saturated carbocycles. The van der Waals surface area contributed by atoms with Crippen LogP contribution >= 0.6 is 11.3 Å². The third-order valence-electron chi connectivity index (χ3n) is 4.82. The summed E-state index contributed by atoms with van der Waals surface area (Å²) in [5.74, 6) is 0.241. The molecule has 0 bridgehead atoms. The molecule has 26 heavy (non-hydrogen) atoms. The van der Waals surface area contributed by atoms with Crippen molar-refractivity contribution in [3.8, 4) is 0 Å². The zero-order chi connectivity index (χ0) is 18.4. The monoisotopic (exact) mass is 364 g/mol. The Balaban J connectivity index is 1.71. The van der Waals surface area contributed by atoms with E-state index in [1.807, 2.05) is 11.3 Å². The van der Waals surface area contributed by atoms with Crippen LogP contribution in [-0.2, 0) is 6.54 Å². The molecule has 1 aromatic heterocycles. The molecule has 0 radical (unpaired) electrons. The summed E-state index contributed by atoms with van der Waals surface area (Å²) >= 11 is 1.86. The maximum absolute atomic E-state index is 8.61. The summed E-state index contributed by atoms with van der Waals surface area (Å²) in [6.07, 6.45) is 2.94. The lowest BCUT2D eigenvalue weighted by atomic mass is 9.94. The average molecular weight is 365 g/mol. The average Bonchev–Trinajstić information content (AvgIpc) is 3.06. The number of rotatable bonds is 9. The summed E-state index contributed by atoms with van der Waals surface area (Å²) in [4.78, 5) is 3.72. The largest absolute Gasteiger partial charge is 0.309 e. The molecule has 0 saturated heterocycles. The summed E-state index contributed by atoms with van der Waals surface area (Å²) in [5, 5.41) is 9.92. The van der Waals surface area contributed by atoms with Gasteiger partial charge in [0.2, 0.25) is 0 Å². The van der Waals surface area contributed by atoms with E-state index in [0.29, 0.717) is 0 Å². The summed E-state index contributed by atoms with van der Waals surface area (Å²) in [7, 11) is 2.18. The van der Waals surface area contributed by atoms with Crippen molar-refractivity contribution in [1.29, 1.82) is 5.41 Å². The normalized spacial score (nSPS) is 12.6. The fourth-order valence-electron chi connectivity index (χ4n) is 3.43.